The van der Waals surface area contributed by atoms with E-state index in [2.05, 4.69) is 30.7 Å². The van der Waals surface area contributed by atoms with Crippen LogP contribution in [0.4, 0.5) is 11.6 Å². The van der Waals surface area contributed by atoms with Crippen LogP contribution in [0.5, 0.6) is 0 Å². The maximum atomic E-state index is 12.3. The summed E-state index contributed by atoms with van der Waals surface area (Å²) in [4.78, 5) is 4.11. The zero-order valence-electron chi connectivity index (χ0n) is 11.7. The molecule has 2 rings (SSSR count). The molecular formula is C12H16BrN5O2S. The van der Waals surface area contributed by atoms with Gasteiger partial charge >= 0.3 is 0 Å². The Morgan fingerprint density at radius 1 is 1.43 bits per heavy atom. The fourth-order valence-electron chi connectivity index (χ4n) is 1.76. The van der Waals surface area contributed by atoms with Gasteiger partial charge in [-0.25, -0.2) is 13.4 Å². The first-order valence-electron chi connectivity index (χ1n) is 6.32. The van der Waals surface area contributed by atoms with Crippen molar-refractivity contribution in [2.24, 2.45) is 0 Å². The van der Waals surface area contributed by atoms with Gasteiger partial charge < -0.3 is 5.73 Å². The molecule has 2 aromatic heterocycles. The van der Waals surface area contributed by atoms with E-state index in [0.29, 0.717) is 12.2 Å². The van der Waals surface area contributed by atoms with E-state index in [1.165, 1.54) is 10.9 Å². The fourth-order valence-corrected chi connectivity index (χ4v) is 3.06. The number of aromatic nitrogens is 3. The second kappa shape index (κ2) is 6.02. The predicted molar refractivity (Wildman–Crippen MR) is 84.4 cm³/mol. The van der Waals surface area contributed by atoms with Crippen LogP contribution < -0.4 is 10.5 Å². The molecule has 0 radical (unpaired) electrons. The Labute approximate surface area is 131 Å². The summed E-state index contributed by atoms with van der Waals surface area (Å²) in [5.41, 5.74) is 6.37. The lowest BCUT2D eigenvalue weighted by molar-refractivity contribution is 0.595. The molecule has 9 heteroatoms. The largest absolute Gasteiger partial charge is 0.381 e. The second-order valence-corrected chi connectivity index (χ2v) is 7.02. The molecule has 0 aliphatic rings. The number of nitrogens with two attached hydrogens (primary N) is 1. The monoisotopic (exact) mass is 373 g/mol. The number of aryl methyl sites for hydroxylation is 2. The number of hydrogen-bond acceptors (Lipinski definition) is 5. The number of halogens is 1. The van der Waals surface area contributed by atoms with Gasteiger partial charge in [0.1, 0.15) is 10.7 Å². The number of pyridine rings is 1. The van der Waals surface area contributed by atoms with E-state index in [-0.39, 0.29) is 16.5 Å². The fraction of sp³-hybridized carbons (Fsp3) is 0.333. The molecule has 0 aliphatic heterocycles. The highest BCUT2D eigenvalue weighted by molar-refractivity contribution is 9.10. The van der Waals surface area contributed by atoms with Crippen LogP contribution in [0.15, 0.2) is 27.7 Å². The van der Waals surface area contributed by atoms with Crippen molar-refractivity contribution in [2.45, 2.75) is 31.7 Å². The molecule has 0 saturated heterocycles. The third kappa shape index (κ3) is 3.53. The van der Waals surface area contributed by atoms with Crippen molar-refractivity contribution < 1.29 is 8.42 Å². The van der Waals surface area contributed by atoms with Crippen LogP contribution in [0.2, 0.25) is 0 Å². The SMILES string of the molecule is CCCn1cc(S(=O)(=O)Nc2ccc(Br)c(C)n2)c(N)n1. The zero-order valence-corrected chi connectivity index (χ0v) is 14.1. The van der Waals surface area contributed by atoms with E-state index >= 15 is 0 Å². The van der Waals surface area contributed by atoms with Crippen molar-refractivity contribution in [3.63, 3.8) is 0 Å². The molecule has 0 atom stereocenters. The number of hydrogen-bond donors (Lipinski definition) is 2. The Hall–Kier alpha value is -1.61. The van der Waals surface area contributed by atoms with Crippen molar-refractivity contribution in [2.75, 3.05) is 10.5 Å². The summed E-state index contributed by atoms with van der Waals surface area (Å²) in [5.74, 6) is 0.211. The third-order valence-corrected chi connectivity index (χ3v) is 4.97. The summed E-state index contributed by atoms with van der Waals surface area (Å²) in [7, 11) is -3.81. The van der Waals surface area contributed by atoms with Crippen molar-refractivity contribution in [1.29, 1.82) is 0 Å². The number of nitrogens with zero attached hydrogens (tertiary/aromatic N) is 3. The van der Waals surface area contributed by atoms with E-state index in [4.69, 9.17) is 5.73 Å². The first-order chi connectivity index (χ1) is 9.83. The molecule has 21 heavy (non-hydrogen) atoms. The number of anilines is 2. The van der Waals surface area contributed by atoms with Gasteiger partial charge in [0.05, 0.1) is 5.69 Å². The molecule has 2 aromatic rings. The van der Waals surface area contributed by atoms with E-state index < -0.39 is 10.0 Å². The van der Waals surface area contributed by atoms with Gasteiger partial charge in [-0.2, -0.15) is 5.10 Å². The highest BCUT2D eigenvalue weighted by Gasteiger charge is 2.21. The number of rotatable bonds is 5. The molecule has 0 amide bonds. The maximum Gasteiger partial charge on any atom is 0.268 e. The maximum absolute atomic E-state index is 12.3. The van der Waals surface area contributed by atoms with Crippen LogP contribution in [-0.2, 0) is 16.6 Å². The van der Waals surface area contributed by atoms with Gasteiger partial charge in [-0.05, 0) is 41.4 Å². The van der Waals surface area contributed by atoms with Gasteiger partial charge in [-0.15, -0.1) is 0 Å². The molecular weight excluding hydrogens is 358 g/mol. The van der Waals surface area contributed by atoms with Crippen LogP contribution in [0, 0.1) is 6.92 Å². The Morgan fingerprint density at radius 2 is 2.14 bits per heavy atom. The van der Waals surface area contributed by atoms with E-state index in [1.54, 1.807) is 19.1 Å². The Bertz CT molecular complexity index is 757. The van der Waals surface area contributed by atoms with Crippen LogP contribution in [0.25, 0.3) is 0 Å². The average Bonchev–Trinajstić information content (AvgIpc) is 2.76. The van der Waals surface area contributed by atoms with Gasteiger partial charge in [0.2, 0.25) is 0 Å². The van der Waals surface area contributed by atoms with Crippen LogP contribution in [-0.4, -0.2) is 23.2 Å². The lowest BCUT2D eigenvalue weighted by Crippen LogP contribution is -2.15. The molecule has 114 valence electrons. The summed E-state index contributed by atoms with van der Waals surface area (Å²) in [6, 6.07) is 3.30. The highest BCUT2D eigenvalue weighted by atomic mass is 79.9. The summed E-state index contributed by atoms with van der Waals surface area (Å²) in [6.07, 6.45) is 2.26. The highest BCUT2D eigenvalue weighted by Crippen LogP contribution is 2.21. The van der Waals surface area contributed by atoms with Crippen LogP contribution >= 0.6 is 15.9 Å². The predicted octanol–water partition coefficient (Wildman–Crippen LogP) is 2.14. The molecule has 0 saturated carbocycles. The Balaban J connectivity index is 2.31. The van der Waals surface area contributed by atoms with Gasteiger partial charge in [0, 0.05) is 17.2 Å². The summed E-state index contributed by atoms with van der Waals surface area (Å²) in [5, 5.41) is 3.99. The molecule has 0 bridgehead atoms. The first-order valence-corrected chi connectivity index (χ1v) is 8.60. The molecule has 3 N–H and O–H groups in total. The lowest BCUT2D eigenvalue weighted by Gasteiger charge is -2.07. The zero-order chi connectivity index (χ0) is 15.6. The van der Waals surface area contributed by atoms with Crippen LogP contribution in [0.1, 0.15) is 19.0 Å². The standard InChI is InChI=1S/C12H16BrN5O2S/c1-3-6-18-7-10(12(14)16-18)21(19,20)17-11-5-4-9(13)8(2)15-11/h4-5,7H,3,6H2,1-2H3,(H2,14,16)(H,15,17). The van der Waals surface area contributed by atoms with Gasteiger partial charge in [-0.3, -0.25) is 9.40 Å². The van der Waals surface area contributed by atoms with E-state index in [1.807, 2.05) is 6.92 Å². The lowest BCUT2D eigenvalue weighted by atomic mass is 10.4. The summed E-state index contributed by atoms with van der Waals surface area (Å²) in [6.45, 7) is 4.35. The topological polar surface area (TPSA) is 103 Å². The van der Waals surface area contributed by atoms with Gasteiger partial charge in [-0.1, -0.05) is 6.92 Å². The van der Waals surface area contributed by atoms with Crippen molar-refractivity contribution >= 4 is 37.6 Å². The molecule has 2 heterocycles. The molecule has 0 spiro atoms. The Kier molecular flexibility index (Phi) is 4.52. The quantitative estimate of drug-likeness (QED) is 0.835. The second-order valence-electron chi connectivity index (χ2n) is 4.51. The molecule has 0 aliphatic carbocycles. The number of nitrogens with one attached hydrogen (secondary N) is 1. The molecule has 0 unspecified atom stereocenters. The summed E-state index contributed by atoms with van der Waals surface area (Å²) >= 11 is 3.31. The van der Waals surface area contributed by atoms with E-state index in [9.17, 15) is 8.42 Å². The summed E-state index contributed by atoms with van der Waals surface area (Å²) < 4.78 is 29.4. The number of nitrogen functional groups attached to an aromatic ring is 1. The smallest absolute Gasteiger partial charge is 0.268 e. The van der Waals surface area contributed by atoms with Crippen LogP contribution in [0.3, 0.4) is 0 Å². The molecule has 0 aromatic carbocycles. The third-order valence-electron chi connectivity index (χ3n) is 2.76. The normalized spacial score (nSPS) is 11.6. The average molecular weight is 374 g/mol. The molecule has 0 fully saturated rings. The minimum atomic E-state index is -3.81. The number of sulfonamides is 1. The minimum absolute atomic E-state index is 0.0233. The molecule has 7 nitrogen and oxygen atoms in total. The van der Waals surface area contributed by atoms with Crippen molar-refractivity contribution in [1.82, 2.24) is 14.8 Å². The Morgan fingerprint density at radius 3 is 2.76 bits per heavy atom. The minimum Gasteiger partial charge on any atom is -0.381 e. The first kappa shape index (κ1) is 15.8. The van der Waals surface area contributed by atoms with E-state index in [0.717, 1.165) is 10.9 Å². The van der Waals surface area contributed by atoms with Crippen molar-refractivity contribution in [3.8, 4) is 0 Å². The van der Waals surface area contributed by atoms with Gasteiger partial charge in [0.15, 0.2) is 5.82 Å². The van der Waals surface area contributed by atoms with Gasteiger partial charge in [0.25, 0.3) is 10.0 Å². The van der Waals surface area contributed by atoms with Crippen molar-refractivity contribution in [3.05, 3.63) is 28.5 Å².